The molecule has 1 amide bonds. The second kappa shape index (κ2) is 9.74. The number of aryl methyl sites for hydroxylation is 1. The van der Waals surface area contributed by atoms with Crippen molar-refractivity contribution in [3.05, 3.63) is 58.7 Å². The first-order valence-corrected chi connectivity index (χ1v) is 10.0. The third kappa shape index (κ3) is 4.13. The number of amides is 1. The lowest BCUT2D eigenvalue weighted by atomic mass is 9.94. The molecule has 1 aliphatic heterocycles. The van der Waals surface area contributed by atoms with Gasteiger partial charge >= 0.3 is 0 Å². The maximum absolute atomic E-state index is 13.0. The number of nitrogens with zero attached hydrogens (tertiary/aromatic N) is 1. The van der Waals surface area contributed by atoms with Gasteiger partial charge in [0.1, 0.15) is 5.76 Å². The molecule has 0 radical (unpaired) electrons. The van der Waals surface area contributed by atoms with Gasteiger partial charge in [-0.05, 0) is 24.6 Å². The lowest BCUT2D eigenvalue weighted by molar-refractivity contribution is -0.140. The van der Waals surface area contributed by atoms with E-state index in [0.717, 1.165) is 5.56 Å². The first kappa shape index (κ1) is 23.1. The monoisotopic (exact) mass is 441 g/mol. The summed E-state index contributed by atoms with van der Waals surface area (Å²) in [5.74, 6) is -0.607. The first-order valence-electron chi connectivity index (χ1n) is 10.0. The maximum Gasteiger partial charge on any atom is 0.295 e. The molecule has 1 heterocycles. The number of ketones is 1. The van der Waals surface area contributed by atoms with Crippen molar-refractivity contribution >= 4 is 17.4 Å². The van der Waals surface area contributed by atoms with Gasteiger partial charge in [-0.2, -0.15) is 0 Å². The van der Waals surface area contributed by atoms with E-state index in [0.29, 0.717) is 28.4 Å². The number of carbonyl (C=O) groups is 2. The Morgan fingerprint density at radius 2 is 1.56 bits per heavy atom. The molecule has 1 fully saturated rings. The molecular formula is C24H27NO7. The molecule has 0 unspecified atom stereocenters. The molecule has 8 heteroatoms. The van der Waals surface area contributed by atoms with Crippen LogP contribution < -0.4 is 14.2 Å². The van der Waals surface area contributed by atoms with E-state index in [4.69, 9.17) is 18.9 Å². The minimum Gasteiger partial charge on any atom is -0.507 e. The first-order chi connectivity index (χ1) is 15.4. The predicted molar refractivity (Wildman–Crippen MR) is 118 cm³/mol. The summed E-state index contributed by atoms with van der Waals surface area (Å²) < 4.78 is 21.4. The molecule has 1 atom stereocenters. The summed E-state index contributed by atoms with van der Waals surface area (Å²) in [5.41, 5.74) is 1.97. The van der Waals surface area contributed by atoms with Crippen LogP contribution in [-0.4, -0.2) is 63.3 Å². The van der Waals surface area contributed by atoms with Crippen molar-refractivity contribution in [3.8, 4) is 17.2 Å². The van der Waals surface area contributed by atoms with E-state index in [1.54, 1.807) is 24.3 Å². The molecule has 0 saturated carbocycles. The van der Waals surface area contributed by atoms with E-state index < -0.39 is 17.7 Å². The Morgan fingerprint density at radius 3 is 2.06 bits per heavy atom. The number of benzene rings is 2. The van der Waals surface area contributed by atoms with Crippen LogP contribution in [0.1, 0.15) is 22.7 Å². The van der Waals surface area contributed by atoms with Crippen LogP contribution in [0.2, 0.25) is 0 Å². The smallest absolute Gasteiger partial charge is 0.295 e. The third-order valence-corrected chi connectivity index (χ3v) is 5.40. The average Bonchev–Trinajstić information content (AvgIpc) is 3.06. The van der Waals surface area contributed by atoms with Gasteiger partial charge in [0.05, 0.1) is 39.6 Å². The second-order valence-electron chi connectivity index (χ2n) is 7.31. The fourth-order valence-corrected chi connectivity index (χ4v) is 3.77. The Hall–Kier alpha value is -3.52. The lowest BCUT2D eigenvalue weighted by Crippen LogP contribution is -2.32. The number of methoxy groups -OCH3 is 4. The van der Waals surface area contributed by atoms with Crippen LogP contribution in [0.4, 0.5) is 0 Å². The maximum atomic E-state index is 13.0. The molecule has 0 spiro atoms. The number of aliphatic hydroxyl groups excluding tert-OH is 1. The predicted octanol–water partition coefficient (Wildman–Crippen LogP) is 3.09. The standard InChI is InChI=1S/C24H27NO7/c1-14-6-8-15(9-7-14)21(26)19-20(25(10-11-29-2)24(28)22(19)27)16-12-17(30-3)23(32-5)18(13-16)31-4/h6-9,12-13,20,26H,10-11H2,1-5H3/t20-/m0/s1. The fourth-order valence-electron chi connectivity index (χ4n) is 3.77. The van der Waals surface area contributed by atoms with Crippen molar-refractivity contribution in [2.24, 2.45) is 0 Å². The minimum atomic E-state index is -0.861. The van der Waals surface area contributed by atoms with Gasteiger partial charge in [-0.3, -0.25) is 9.59 Å². The highest BCUT2D eigenvalue weighted by molar-refractivity contribution is 6.46. The molecule has 32 heavy (non-hydrogen) atoms. The summed E-state index contributed by atoms with van der Waals surface area (Å²) in [6, 6.07) is 9.54. The Balaban J connectivity index is 2.25. The molecule has 2 aromatic carbocycles. The average molecular weight is 441 g/mol. The highest BCUT2D eigenvalue weighted by Gasteiger charge is 2.46. The Morgan fingerprint density at radius 1 is 0.969 bits per heavy atom. The topological polar surface area (TPSA) is 94.5 Å². The van der Waals surface area contributed by atoms with Crippen molar-refractivity contribution < 1.29 is 33.6 Å². The SMILES string of the molecule is COCCN1C(=O)C(=O)C(=C(O)c2ccc(C)cc2)[C@@H]1c1cc(OC)c(OC)c(OC)c1. The summed E-state index contributed by atoms with van der Waals surface area (Å²) in [6.45, 7) is 2.30. The zero-order valence-corrected chi connectivity index (χ0v) is 18.8. The van der Waals surface area contributed by atoms with Crippen LogP contribution in [0.5, 0.6) is 17.2 Å². The molecule has 170 valence electrons. The van der Waals surface area contributed by atoms with Crippen molar-refractivity contribution in [3.63, 3.8) is 0 Å². The van der Waals surface area contributed by atoms with E-state index in [-0.39, 0.29) is 24.5 Å². The van der Waals surface area contributed by atoms with Gasteiger partial charge < -0.3 is 29.0 Å². The number of carbonyl (C=O) groups excluding carboxylic acids is 2. The Kier molecular flexibility index (Phi) is 7.05. The van der Waals surface area contributed by atoms with Gasteiger partial charge in [0.25, 0.3) is 11.7 Å². The van der Waals surface area contributed by atoms with Crippen LogP contribution in [-0.2, 0) is 14.3 Å². The number of hydrogen-bond donors (Lipinski definition) is 1. The molecule has 3 rings (SSSR count). The Bertz CT molecular complexity index is 1020. The van der Waals surface area contributed by atoms with Crippen molar-refractivity contribution in [2.75, 3.05) is 41.6 Å². The van der Waals surface area contributed by atoms with E-state index in [9.17, 15) is 14.7 Å². The van der Waals surface area contributed by atoms with E-state index >= 15 is 0 Å². The molecule has 1 aliphatic rings. The number of hydrogen-bond acceptors (Lipinski definition) is 7. The summed E-state index contributed by atoms with van der Waals surface area (Å²) in [7, 11) is 5.96. The number of Topliss-reactive ketones (excluding diaryl/α,β-unsaturated/α-hetero) is 1. The van der Waals surface area contributed by atoms with Crippen molar-refractivity contribution in [1.82, 2.24) is 4.90 Å². The molecule has 1 N–H and O–H groups in total. The highest BCUT2D eigenvalue weighted by atomic mass is 16.5. The summed E-state index contributed by atoms with van der Waals surface area (Å²) in [5, 5.41) is 11.1. The highest BCUT2D eigenvalue weighted by Crippen LogP contribution is 2.45. The van der Waals surface area contributed by atoms with E-state index in [1.165, 1.54) is 33.3 Å². The fraction of sp³-hybridized carbons (Fsp3) is 0.333. The number of likely N-dealkylation sites (tertiary alicyclic amines) is 1. The van der Waals surface area contributed by atoms with Crippen molar-refractivity contribution in [1.29, 1.82) is 0 Å². The van der Waals surface area contributed by atoms with Gasteiger partial charge in [-0.1, -0.05) is 29.8 Å². The number of ether oxygens (including phenoxy) is 4. The molecule has 2 aromatic rings. The zero-order valence-electron chi connectivity index (χ0n) is 18.8. The quantitative estimate of drug-likeness (QED) is 0.382. The molecule has 0 aromatic heterocycles. The van der Waals surface area contributed by atoms with Gasteiger partial charge in [0, 0.05) is 19.2 Å². The molecule has 0 aliphatic carbocycles. The van der Waals surface area contributed by atoms with Crippen LogP contribution >= 0.6 is 0 Å². The zero-order chi connectivity index (χ0) is 23.4. The van der Waals surface area contributed by atoms with E-state index in [2.05, 4.69) is 0 Å². The lowest BCUT2D eigenvalue weighted by Gasteiger charge is -2.26. The van der Waals surface area contributed by atoms with Gasteiger partial charge in [0.15, 0.2) is 11.5 Å². The molecule has 0 bridgehead atoms. The van der Waals surface area contributed by atoms with Gasteiger partial charge in [0.2, 0.25) is 5.75 Å². The summed E-state index contributed by atoms with van der Waals surface area (Å²) in [6.07, 6.45) is 0. The molecule has 8 nitrogen and oxygen atoms in total. The summed E-state index contributed by atoms with van der Waals surface area (Å²) in [4.78, 5) is 27.3. The number of aliphatic hydroxyl groups is 1. The third-order valence-electron chi connectivity index (χ3n) is 5.40. The Labute approximate surface area is 187 Å². The summed E-state index contributed by atoms with van der Waals surface area (Å²) >= 11 is 0. The van der Waals surface area contributed by atoms with Gasteiger partial charge in [-0.15, -0.1) is 0 Å². The van der Waals surface area contributed by atoms with Gasteiger partial charge in [-0.25, -0.2) is 0 Å². The van der Waals surface area contributed by atoms with Crippen LogP contribution in [0.25, 0.3) is 5.76 Å². The molecule has 1 saturated heterocycles. The molecular weight excluding hydrogens is 414 g/mol. The van der Waals surface area contributed by atoms with E-state index in [1.807, 2.05) is 19.1 Å². The van der Waals surface area contributed by atoms with Crippen LogP contribution in [0.3, 0.4) is 0 Å². The van der Waals surface area contributed by atoms with Crippen LogP contribution in [0, 0.1) is 6.92 Å². The normalized spacial score (nSPS) is 17.5. The minimum absolute atomic E-state index is 0.00997. The largest absolute Gasteiger partial charge is 0.507 e. The number of rotatable bonds is 8. The van der Waals surface area contributed by atoms with Crippen molar-refractivity contribution in [2.45, 2.75) is 13.0 Å². The van der Waals surface area contributed by atoms with Crippen LogP contribution in [0.15, 0.2) is 42.0 Å². The second-order valence-corrected chi connectivity index (χ2v) is 7.31.